The van der Waals surface area contributed by atoms with Crippen molar-refractivity contribution in [1.29, 1.82) is 0 Å². The minimum Gasteiger partial charge on any atom is -0.458 e. The molecule has 2 heterocycles. The largest absolute Gasteiger partial charge is 0.458 e. The molecule has 0 saturated heterocycles. The summed E-state index contributed by atoms with van der Waals surface area (Å²) in [5, 5.41) is 11.4. The molecule has 0 radical (unpaired) electrons. The number of benzene rings is 1. The molecule has 1 aliphatic heterocycles. The van der Waals surface area contributed by atoms with Crippen molar-refractivity contribution in [1.82, 2.24) is 10.2 Å². The molecule has 1 unspecified atom stereocenters. The van der Waals surface area contributed by atoms with Crippen LogP contribution in [0.15, 0.2) is 18.2 Å². The second kappa shape index (κ2) is 6.16. The number of esters is 1. The van der Waals surface area contributed by atoms with Gasteiger partial charge in [-0.2, -0.15) is 0 Å². The van der Waals surface area contributed by atoms with Crippen LogP contribution in [0.4, 0.5) is 10.3 Å². The molecule has 24 heavy (non-hydrogen) atoms. The maximum atomic E-state index is 12.6. The van der Waals surface area contributed by atoms with Gasteiger partial charge in [-0.1, -0.05) is 17.4 Å². The number of fused-ring (bicyclic) bond motifs is 1. The molecule has 1 aromatic heterocycles. The Morgan fingerprint density at radius 3 is 2.75 bits per heavy atom. The molecule has 0 spiro atoms. The molecule has 1 aromatic carbocycles. The van der Waals surface area contributed by atoms with Gasteiger partial charge in [-0.05, 0) is 38.5 Å². The average molecular weight is 350 g/mol. The number of carbonyl (C=O) groups excluding carboxylic acids is 1. The van der Waals surface area contributed by atoms with Crippen molar-refractivity contribution >= 4 is 27.6 Å². The lowest BCUT2D eigenvalue weighted by atomic mass is 10.1. The third kappa shape index (κ3) is 3.67. The number of carbonyl (C=O) groups is 1. The van der Waals surface area contributed by atoms with Gasteiger partial charge in [0.25, 0.3) is 0 Å². The Hall–Kier alpha value is -2.55. The van der Waals surface area contributed by atoms with Crippen LogP contribution < -0.4 is 20.5 Å². The summed E-state index contributed by atoms with van der Waals surface area (Å²) in [5.74, 6) is 0.789. The molecule has 1 aliphatic rings. The number of anilines is 2. The fraction of sp³-hybridized carbons (Fsp3) is 0.400. The first kappa shape index (κ1) is 16.3. The number of rotatable bonds is 4. The lowest BCUT2D eigenvalue weighted by Crippen LogP contribution is -2.31. The number of hydrogen-bond acceptors (Lipinski definition) is 9. The van der Waals surface area contributed by atoms with Crippen LogP contribution in [0.3, 0.4) is 0 Å². The molecule has 0 saturated carbocycles. The number of nitrogen functional groups attached to an aromatic ring is 1. The van der Waals surface area contributed by atoms with Gasteiger partial charge in [-0.3, -0.25) is 0 Å². The lowest BCUT2D eigenvalue weighted by molar-refractivity contribution is -0.156. The monoisotopic (exact) mass is 350 g/mol. The zero-order valence-corrected chi connectivity index (χ0v) is 14.3. The van der Waals surface area contributed by atoms with Crippen molar-refractivity contribution in [2.75, 3.05) is 17.8 Å². The van der Waals surface area contributed by atoms with E-state index in [1.165, 1.54) is 0 Å². The smallest absolute Gasteiger partial charge is 0.333 e. The van der Waals surface area contributed by atoms with E-state index in [9.17, 15) is 4.79 Å². The summed E-state index contributed by atoms with van der Waals surface area (Å²) in [6.45, 7) is 5.59. The van der Waals surface area contributed by atoms with E-state index in [-0.39, 0.29) is 6.79 Å². The molecule has 8 nitrogen and oxygen atoms in total. The summed E-state index contributed by atoms with van der Waals surface area (Å²) in [7, 11) is 0. The zero-order chi connectivity index (χ0) is 17.3. The van der Waals surface area contributed by atoms with Crippen LogP contribution in [0.25, 0.3) is 0 Å². The predicted octanol–water partition coefficient (Wildman–Crippen LogP) is 2.34. The maximum absolute atomic E-state index is 12.6. The fourth-order valence-corrected chi connectivity index (χ4v) is 2.69. The van der Waals surface area contributed by atoms with Crippen LogP contribution in [-0.2, 0) is 9.53 Å². The first-order valence-corrected chi connectivity index (χ1v) is 8.11. The molecule has 3 N–H and O–H groups in total. The molecule has 0 bridgehead atoms. The highest BCUT2D eigenvalue weighted by molar-refractivity contribution is 7.18. The van der Waals surface area contributed by atoms with Crippen LogP contribution in [0.2, 0.25) is 0 Å². The van der Waals surface area contributed by atoms with Crippen molar-refractivity contribution in [2.24, 2.45) is 0 Å². The van der Waals surface area contributed by atoms with Crippen LogP contribution in [0.1, 0.15) is 32.4 Å². The Morgan fingerprint density at radius 1 is 1.33 bits per heavy atom. The van der Waals surface area contributed by atoms with Gasteiger partial charge >= 0.3 is 5.97 Å². The molecule has 9 heteroatoms. The topological polar surface area (TPSA) is 109 Å². The normalized spacial score (nSPS) is 14.3. The number of ether oxygens (including phenoxy) is 3. The standard InChI is InChI=1S/C15H18N4O4S/c1-15(2,3)23-12(20)11(17-14-19-18-13(16)24-14)8-4-5-9-10(6-8)22-7-21-9/h4-6,11H,7H2,1-3H3,(H2,16,18)(H,17,19). The number of nitrogens with one attached hydrogen (secondary N) is 1. The van der Waals surface area contributed by atoms with Gasteiger partial charge in [-0.15, -0.1) is 10.2 Å². The first-order valence-electron chi connectivity index (χ1n) is 7.30. The summed E-state index contributed by atoms with van der Waals surface area (Å²) in [5.41, 5.74) is 5.65. The number of nitrogens with two attached hydrogens (primary N) is 1. The van der Waals surface area contributed by atoms with Crippen molar-refractivity contribution < 1.29 is 19.0 Å². The predicted molar refractivity (Wildman–Crippen MR) is 89.1 cm³/mol. The van der Waals surface area contributed by atoms with E-state index >= 15 is 0 Å². The van der Waals surface area contributed by atoms with Gasteiger partial charge in [-0.25, -0.2) is 4.79 Å². The highest BCUT2D eigenvalue weighted by Crippen LogP contribution is 2.36. The third-order valence-electron chi connectivity index (χ3n) is 3.08. The maximum Gasteiger partial charge on any atom is 0.333 e. The van der Waals surface area contributed by atoms with Gasteiger partial charge in [0.1, 0.15) is 5.60 Å². The van der Waals surface area contributed by atoms with Gasteiger partial charge in [0, 0.05) is 0 Å². The highest BCUT2D eigenvalue weighted by Gasteiger charge is 2.29. The average Bonchev–Trinajstić information content (AvgIpc) is 3.10. The first-order chi connectivity index (χ1) is 11.3. The van der Waals surface area contributed by atoms with Crippen LogP contribution in [-0.4, -0.2) is 28.6 Å². The molecule has 1 atom stereocenters. The quantitative estimate of drug-likeness (QED) is 0.809. The second-order valence-corrected chi connectivity index (χ2v) is 7.18. The molecule has 0 amide bonds. The zero-order valence-electron chi connectivity index (χ0n) is 13.5. The van der Waals surface area contributed by atoms with Gasteiger partial charge in [0.15, 0.2) is 17.5 Å². The molecular formula is C15H18N4O4S. The number of aromatic nitrogens is 2. The summed E-state index contributed by atoms with van der Waals surface area (Å²) in [6, 6.07) is 4.50. The molecule has 0 aliphatic carbocycles. The molecule has 0 fully saturated rings. The minimum absolute atomic E-state index is 0.163. The van der Waals surface area contributed by atoms with Gasteiger partial charge in [0.2, 0.25) is 17.1 Å². The Labute approximate surface area is 142 Å². The van der Waals surface area contributed by atoms with Crippen molar-refractivity contribution in [3.63, 3.8) is 0 Å². The van der Waals surface area contributed by atoms with E-state index < -0.39 is 17.6 Å². The van der Waals surface area contributed by atoms with E-state index in [0.717, 1.165) is 11.3 Å². The highest BCUT2D eigenvalue weighted by atomic mass is 32.1. The van der Waals surface area contributed by atoms with Gasteiger partial charge < -0.3 is 25.3 Å². The summed E-state index contributed by atoms with van der Waals surface area (Å²) in [6.07, 6.45) is 0. The Morgan fingerprint density at radius 2 is 2.08 bits per heavy atom. The molecular weight excluding hydrogens is 332 g/mol. The summed E-state index contributed by atoms with van der Waals surface area (Å²) in [4.78, 5) is 12.6. The van der Waals surface area contributed by atoms with Crippen LogP contribution in [0.5, 0.6) is 11.5 Å². The Kier molecular flexibility index (Phi) is 4.18. The van der Waals surface area contributed by atoms with Crippen molar-refractivity contribution in [3.8, 4) is 11.5 Å². The Bertz CT molecular complexity index is 756. The van der Waals surface area contributed by atoms with E-state index in [1.807, 2.05) is 20.8 Å². The Balaban J connectivity index is 1.90. The van der Waals surface area contributed by atoms with E-state index in [1.54, 1.807) is 18.2 Å². The number of hydrogen-bond donors (Lipinski definition) is 2. The summed E-state index contributed by atoms with van der Waals surface area (Å²) < 4.78 is 16.2. The molecule has 128 valence electrons. The van der Waals surface area contributed by atoms with E-state index in [2.05, 4.69) is 15.5 Å². The van der Waals surface area contributed by atoms with Crippen LogP contribution >= 0.6 is 11.3 Å². The second-order valence-electron chi connectivity index (χ2n) is 6.17. The van der Waals surface area contributed by atoms with Crippen molar-refractivity contribution in [2.45, 2.75) is 32.4 Å². The van der Waals surface area contributed by atoms with E-state index in [4.69, 9.17) is 19.9 Å². The molecule has 3 rings (SSSR count). The fourth-order valence-electron chi connectivity index (χ4n) is 2.15. The third-order valence-corrected chi connectivity index (χ3v) is 3.76. The summed E-state index contributed by atoms with van der Waals surface area (Å²) >= 11 is 1.15. The lowest BCUT2D eigenvalue weighted by Gasteiger charge is -2.24. The van der Waals surface area contributed by atoms with Crippen molar-refractivity contribution in [3.05, 3.63) is 23.8 Å². The van der Waals surface area contributed by atoms with E-state index in [0.29, 0.717) is 27.3 Å². The number of nitrogens with zero attached hydrogens (tertiary/aromatic N) is 2. The minimum atomic E-state index is -0.772. The SMILES string of the molecule is CC(C)(C)OC(=O)C(Nc1nnc(N)s1)c1ccc2c(c1)OCO2. The molecule has 2 aromatic rings. The van der Waals surface area contributed by atoms with Crippen LogP contribution in [0, 0.1) is 0 Å². The van der Waals surface area contributed by atoms with Gasteiger partial charge in [0.05, 0.1) is 0 Å².